The number of aliphatic hydroxyl groups is 2. The van der Waals surface area contributed by atoms with E-state index in [9.17, 15) is 0 Å². The summed E-state index contributed by atoms with van der Waals surface area (Å²) >= 11 is 0. The van der Waals surface area contributed by atoms with Crippen LogP contribution in [0.4, 0.5) is 0 Å². The first-order valence-corrected chi connectivity index (χ1v) is 3.44. The summed E-state index contributed by atoms with van der Waals surface area (Å²) in [6.45, 7) is 4.47. The van der Waals surface area contributed by atoms with E-state index in [1.807, 2.05) is 19.0 Å². The largest absolute Gasteiger partial charge is 0.395 e. The van der Waals surface area contributed by atoms with Gasteiger partial charge in [0.2, 0.25) is 0 Å². The van der Waals surface area contributed by atoms with Crippen molar-refractivity contribution in [1.82, 2.24) is 4.90 Å². The van der Waals surface area contributed by atoms with Gasteiger partial charge in [-0.25, -0.2) is 0 Å². The van der Waals surface area contributed by atoms with Crippen LogP contribution < -0.4 is 0 Å². The van der Waals surface area contributed by atoms with Gasteiger partial charge in [-0.05, 0) is 27.9 Å². The minimum Gasteiger partial charge on any atom is -0.395 e. The monoisotopic (exact) mass is 149 g/mol. The zero-order chi connectivity index (χ0) is 8.57. The Morgan fingerprint density at radius 2 is 1.60 bits per heavy atom. The first kappa shape index (κ1) is 12.5. The fourth-order valence-corrected chi connectivity index (χ4v) is 0.200. The summed E-state index contributed by atoms with van der Waals surface area (Å²) in [6, 6.07) is 0. The minimum atomic E-state index is -0.167. The van der Waals surface area contributed by atoms with E-state index in [1.165, 1.54) is 0 Å². The van der Waals surface area contributed by atoms with Gasteiger partial charge < -0.3 is 15.1 Å². The van der Waals surface area contributed by atoms with Gasteiger partial charge in [0.15, 0.2) is 0 Å². The van der Waals surface area contributed by atoms with Crippen molar-refractivity contribution in [1.29, 1.82) is 0 Å². The molecule has 64 valence electrons. The van der Waals surface area contributed by atoms with Crippen molar-refractivity contribution < 1.29 is 10.2 Å². The molecular formula is C7H19NO2. The van der Waals surface area contributed by atoms with E-state index in [0.717, 1.165) is 6.54 Å². The molecule has 0 spiro atoms. The first-order valence-electron chi connectivity index (χ1n) is 3.44. The van der Waals surface area contributed by atoms with Crippen LogP contribution >= 0.6 is 0 Å². The Kier molecular flexibility index (Phi) is 11.1. The van der Waals surface area contributed by atoms with Gasteiger partial charge in [-0.3, -0.25) is 0 Å². The van der Waals surface area contributed by atoms with Gasteiger partial charge in [0.1, 0.15) is 0 Å². The Morgan fingerprint density at radius 3 is 1.60 bits per heavy atom. The third-order valence-corrected chi connectivity index (χ3v) is 0.547. The summed E-state index contributed by atoms with van der Waals surface area (Å²) in [5.74, 6) is 0. The Morgan fingerprint density at radius 1 is 1.30 bits per heavy atom. The third kappa shape index (κ3) is 45.0. The normalized spacial score (nSPS) is 9.60. The molecule has 0 unspecified atom stereocenters. The molecule has 0 aromatic carbocycles. The maximum Gasteiger partial charge on any atom is 0.0558 e. The molecule has 0 saturated carbocycles. The molecule has 0 aliphatic heterocycles. The summed E-state index contributed by atoms with van der Waals surface area (Å²) in [5, 5.41) is 16.3. The molecule has 0 bridgehead atoms. The van der Waals surface area contributed by atoms with Gasteiger partial charge in [0, 0.05) is 12.6 Å². The number of nitrogens with zero attached hydrogens (tertiary/aromatic N) is 1. The molecule has 0 rings (SSSR count). The van der Waals surface area contributed by atoms with Crippen molar-refractivity contribution in [3.63, 3.8) is 0 Å². The fourth-order valence-electron chi connectivity index (χ4n) is 0.200. The van der Waals surface area contributed by atoms with Gasteiger partial charge in [-0.2, -0.15) is 0 Å². The lowest BCUT2D eigenvalue weighted by atomic mass is 10.5. The van der Waals surface area contributed by atoms with E-state index in [0.29, 0.717) is 0 Å². The minimum absolute atomic E-state index is 0.167. The second-order valence-corrected chi connectivity index (χ2v) is 2.62. The summed E-state index contributed by atoms with van der Waals surface area (Å²) in [5.41, 5.74) is 0. The van der Waals surface area contributed by atoms with Gasteiger partial charge in [-0.15, -0.1) is 0 Å². The maximum absolute atomic E-state index is 8.20. The Labute approximate surface area is 63.3 Å². The average molecular weight is 149 g/mol. The van der Waals surface area contributed by atoms with Crippen molar-refractivity contribution in [2.24, 2.45) is 0 Å². The Balaban J connectivity index is 0. The molecule has 0 aliphatic carbocycles. The highest BCUT2D eigenvalue weighted by Gasteiger charge is 1.80. The number of likely N-dealkylation sites (N-methyl/N-ethyl adjacent to an activating group) is 1. The lowest BCUT2D eigenvalue weighted by Gasteiger charge is -2.03. The predicted molar refractivity (Wildman–Crippen MR) is 43.0 cm³/mol. The van der Waals surface area contributed by atoms with Crippen molar-refractivity contribution in [2.45, 2.75) is 20.0 Å². The Bertz CT molecular complexity index is 52.8. The highest BCUT2D eigenvalue weighted by atomic mass is 16.3. The zero-order valence-corrected chi connectivity index (χ0v) is 7.33. The molecule has 0 saturated heterocycles. The maximum atomic E-state index is 8.20. The van der Waals surface area contributed by atoms with E-state index in [2.05, 4.69) is 0 Å². The van der Waals surface area contributed by atoms with Crippen LogP contribution in [0.3, 0.4) is 0 Å². The highest BCUT2D eigenvalue weighted by molar-refractivity contribution is 4.34. The smallest absolute Gasteiger partial charge is 0.0558 e. The molecule has 0 aromatic heterocycles. The molecule has 0 amide bonds. The van der Waals surface area contributed by atoms with Crippen LogP contribution in [0.5, 0.6) is 0 Å². The van der Waals surface area contributed by atoms with Crippen LogP contribution in [-0.2, 0) is 0 Å². The predicted octanol–water partition coefficient (Wildman–Crippen LogP) is -0.0726. The van der Waals surface area contributed by atoms with Crippen molar-refractivity contribution in [3.05, 3.63) is 0 Å². The second kappa shape index (κ2) is 8.88. The number of aliphatic hydroxyl groups excluding tert-OH is 2. The summed E-state index contributed by atoms with van der Waals surface area (Å²) in [7, 11) is 3.85. The van der Waals surface area contributed by atoms with Gasteiger partial charge in [0.05, 0.1) is 6.61 Å². The molecule has 2 N–H and O–H groups in total. The molecule has 0 radical (unpaired) electrons. The van der Waals surface area contributed by atoms with Crippen LogP contribution in [0, 0.1) is 0 Å². The molecule has 0 aliphatic rings. The number of rotatable bonds is 2. The zero-order valence-electron chi connectivity index (χ0n) is 7.33. The second-order valence-electron chi connectivity index (χ2n) is 2.62. The molecule has 0 heterocycles. The van der Waals surface area contributed by atoms with Crippen LogP contribution in [-0.4, -0.2) is 48.5 Å². The molecule has 3 nitrogen and oxygen atoms in total. The van der Waals surface area contributed by atoms with Gasteiger partial charge in [0.25, 0.3) is 0 Å². The lowest BCUT2D eigenvalue weighted by Crippen LogP contribution is -2.15. The van der Waals surface area contributed by atoms with E-state index in [4.69, 9.17) is 10.2 Å². The van der Waals surface area contributed by atoms with Gasteiger partial charge in [-0.1, -0.05) is 0 Å². The van der Waals surface area contributed by atoms with Crippen LogP contribution in [0.25, 0.3) is 0 Å². The molecule has 3 heteroatoms. The number of hydrogen-bond acceptors (Lipinski definition) is 3. The van der Waals surface area contributed by atoms with Crippen LogP contribution in [0.15, 0.2) is 0 Å². The molecule has 0 atom stereocenters. The molecule has 0 fully saturated rings. The summed E-state index contributed by atoms with van der Waals surface area (Å²) in [4.78, 5) is 1.93. The average Bonchev–Trinajstić information content (AvgIpc) is 1.62. The van der Waals surface area contributed by atoms with E-state index >= 15 is 0 Å². The topological polar surface area (TPSA) is 43.7 Å². The van der Waals surface area contributed by atoms with E-state index < -0.39 is 0 Å². The van der Waals surface area contributed by atoms with E-state index in [1.54, 1.807) is 13.8 Å². The fraction of sp³-hybridized carbons (Fsp3) is 1.00. The van der Waals surface area contributed by atoms with Crippen LogP contribution in [0.2, 0.25) is 0 Å². The quantitative estimate of drug-likeness (QED) is 0.577. The van der Waals surface area contributed by atoms with Gasteiger partial charge >= 0.3 is 0 Å². The Hall–Kier alpha value is -0.120. The summed E-state index contributed by atoms with van der Waals surface area (Å²) in [6.07, 6.45) is -0.167. The molecular weight excluding hydrogens is 130 g/mol. The van der Waals surface area contributed by atoms with Crippen molar-refractivity contribution in [2.75, 3.05) is 27.2 Å². The highest BCUT2D eigenvalue weighted by Crippen LogP contribution is 1.66. The lowest BCUT2D eigenvalue weighted by molar-refractivity contribution is 0.216. The molecule has 10 heavy (non-hydrogen) atoms. The first-order chi connectivity index (χ1) is 4.50. The number of hydrogen-bond donors (Lipinski definition) is 2. The van der Waals surface area contributed by atoms with Crippen molar-refractivity contribution in [3.8, 4) is 0 Å². The SMILES string of the molecule is CC(C)O.CN(C)CCO. The third-order valence-electron chi connectivity index (χ3n) is 0.547. The van der Waals surface area contributed by atoms with Crippen LogP contribution in [0.1, 0.15) is 13.8 Å². The van der Waals surface area contributed by atoms with Crippen molar-refractivity contribution >= 4 is 0 Å². The standard InChI is InChI=1S/C4H11NO.C3H8O/c1-5(2)3-4-6;1-3(2)4/h6H,3-4H2,1-2H3;3-4H,1-2H3. The molecule has 0 aromatic rings. The van der Waals surface area contributed by atoms with E-state index in [-0.39, 0.29) is 12.7 Å². The summed E-state index contributed by atoms with van der Waals surface area (Å²) < 4.78 is 0.